The molecular weight excluding hydrogens is 104 g/mol. The lowest BCUT2D eigenvalue weighted by molar-refractivity contribution is 0.832. The monoisotopic (exact) mass is 116 g/mol. The van der Waals surface area contributed by atoms with Gasteiger partial charge in [-0.2, -0.15) is 12.6 Å². The summed E-state index contributed by atoms with van der Waals surface area (Å²) in [6, 6.07) is 0. The standard InChI is InChI=1S/C6H12S/c1-3-5-6(7)4-2/h4,6-7H,2-3,5H2,1H3. The lowest BCUT2D eigenvalue weighted by atomic mass is 10.2. The van der Waals surface area contributed by atoms with Crippen LogP contribution in [0.15, 0.2) is 12.7 Å². The molecule has 0 saturated carbocycles. The molecule has 0 amide bonds. The third-order valence-corrected chi connectivity index (χ3v) is 1.33. The molecule has 0 saturated heterocycles. The first-order chi connectivity index (χ1) is 3.31. The minimum absolute atomic E-state index is 0.407. The number of hydrogen-bond donors (Lipinski definition) is 1. The summed E-state index contributed by atoms with van der Waals surface area (Å²) in [5.74, 6) is 0. The van der Waals surface area contributed by atoms with Gasteiger partial charge in [0, 0.05) is 5.25 Å². The maximum absolute atomic E-state index is 4.19. The smallest absolute Gasteiger partial charge is 0.0194 e. The molecule has 1 heteroatoms. The average molecular weight is 116 g/mol. The van der Waals surface area contributed by atoms with Gasteiger partial charge in [0.25, 0.3) is 0 Å². The minimum Gasteiger partial charge on any atom is -0.172 e. The van der Waals surface area contributed by atoms with Gasteiger partial charge < -0.3 is 0 Å². The van der Waals surface area contributed by atoms with Gasteiger partial charge in [-0.25, -0.2) is 0 Å². The molecule has 0 rings (SSSR count). The predicted molar refractivity (Wildman–Crippen MR) is 37.9 cm³/mol. The summed E-state index contributed by atoms with van der Waals surface area (Å²) in [5.41, 5.74) is 0. The van der Waals surface area contributed by atoms with Gasteiger partial charge in [-0.15, -0.1) is 6.58 Å². The first-order valence-corrected chi connectivity index (χ1v) is 3.13. The van der Waals surface area contributed by atoms with E-state index in [9.17, 15) is 0 Å². The molecule has 0 bridgehead atoms. The average Bonchev–Trinajstić information content (AvgIpc) is 1.68. The van der Waals surface area contributed by atoms with Crippen LogP contribution in [0, 0.1) is 0 Å². The molecule has 1 atom stereocenters. The van der Waals surface area contributed by atoms with E-state index in [1.807, 2.05) is 6.08 Å². The Balaban J connectivity index is 2.98. The molecule has 0 aliphatic carbocycles. The van der Waals surface area contributed by atoms with Crippen LogP contribution in [0.3, 0.4) is 0 Å². The van der Waals surface area contributed by atoms with E-state index in [4.69, 9.17) is 0 Å². The van der Waals surface area contributed by atoms with E-state index in [0.29, 0.717) is 5.25 Å². The van der Waals surface area contributed by atoms with Crippen molar-refractivity contribution in [2.24, 2.45) is 0 Å². The van der Waals surface area contributed by atoms with Crippen molar-refractivity contribution in [2.75, 3.05) is 0 Å². The molecule has 0 aliphatic rings. The van der Waals surface area contributed by atoms with Crippen molar-refractivity contribution >= 4 is 12.6 Å². The van der Waals surface area contributed by atoms with E-state index >= 15 is 0 Å². The first-order valence-electron chi connectivity index (χ1n) is 2.62. The maximum atomic E-state index is 4.19. The van der Waals surface area contributed by atoms with Gasteiger partial charge in [-0.05, 0) is 6.42 Å². The molecule has 0 spiro atoms. The number of hydrogen-bond acceptors (Lipinski definition) is 1. The Labute approximate surface area is 51.0 Å². The highest BCUT2D eigenvalue weighted by molar-refractivity contribution is 7.81. The van der Waals surface area contributed by atoms with E-state index in [-0.39, 0.29) is 0 Å². The van der Waals surface area contributed by atoms with Crippen molar-refractivity contribution in [1.29, 1.82) is 0 Å². The van der Waals surface area contributed by atoms with E-state index < -0.39 is 0 Å². The minimum atomic E-state index is 0.407. The normalized spacial score (nSPS) is 13.4. The lowest BCUT2D eigenvalue weighted by Gasteiger charge is -1.97. The largest absolute Gasteiger partial charge is 0.172 e. The van der Waals surface area contributed by atoms with Gasteiger partial charge in [-0.1, -0.05) is 19.4 Å². The molecule has 0 fully saturated rings. The summed E-state index contributed by atoms with van der Waals surface area (Å²) in [4.78, 5) is 0. The van der Waals surface area contributed by atoms with Crippen molar-refractivity contribution in [3.05, 3.63) is 12.7 Å². The zero-order valence-electron chi connectivity index (χ0n) is 4.72. The van der Waals surface area contributed by atoms with Crippen LogP contribution in [0.5, 0.6) is 0 Å². The van der Waals surface area contributed by atoms with Crippen LogP contribution in [0.4, 0.5) is 0 Å². The third kappa shape index (κ3) is 3.93. The van der Waals surface area contributed by atoms with Crippen molar-refractivity contribution in [1.82, 2.24) is 0 Å². The van der Waals surface area contributed by atoms with Gasteiger partial charge >= 0.3 is 0 Å². The lowest BCUT2D eigenvalue weighted by Crippen LogP contribution is -1.88. The highest BCUT2D eigenvalue weighted by Crippen LogP contribution is 2.03. The van der Waals surface area contributed by atoms with Crippen molar-refractivity contribution < 1.29 is 0 Å². The Morgan fingerprint density at radius 2 is 2.43 bits per heavy atom. The summed E-state index contributed by atoms with van der Waals surface area (Å²) in [7, 11) is 0. The van der Waals surface area contributed by atoms with Crippen LogP contribution in [0.25, 0.3) is 0 Å². The molecule has 0 aromatic heterocycles. The summed E-state index contributed by atoms with van der Waals surface area (Å²) >= 11 is 4.19. The maximum Gasteiger partial charge on any atom is 0.0194 e. The summed E-state index contributed by atoms with van der Waals surface area (Å²) in [6.07, 6.45) is 4.21. The van der Waals surface area contributed by atoms with Gasteiger partial charge in [0.15, 0.2) is 0 Å². The quantitative estimate of drug-likeness (QED) is 0.424. The number of rotatable bonds is 3. The molecule has 42 valence electrons. The Kier molecular flexibility index (Phi) is 4.31. The molecule has 0 N–H and O–H groups in total. The Morgan fingerprint density at radius 1 is 1.86 bits per heavy atom. The molecular formula is C6H12S. The SMILES string of the molecule is C=CC(S)CCC. The zero-order valence-corrected chi connectivity index (χ0v) is 5.62. The van der Waals surface area contributed by atoms with Crippen LogP contribution in [0.2, 0.25) is 0 Å². The highest BCUT2D eigenvalue weighted by Gasteiger charge is 1.90. The Hall–Kier alpha value is 0.0900. The zero-order chi connectivity index (χ0) is 5.70. The predicted octanol–water partition coefficient (Wildman–Crippen LogP) is 2.27. The molecule has 0 aliphatic heterocycles. The first kappa shape index (κ1) is 7.09. The van der Waals surface area contributed by atoms with Crippen LogP contribution in [0.1, 0.15) is 19.8 Å². The van der Waals surface area contributed by atoms with E-state index in [1.54, 1.807) is 0 Å². The second kappa shape index (κ2) is 4.25. The van der Waals surface area contributed by atoms with Crippen LogP contribution < -0.4 is 0 Å². The van der Waals surface area contributed by atoms with Crippen LogP contribution in [-0.2, 0) is 0 Å². The summed E-state index contributed by atoms with van der Waals surface area (Å²) < 4.78 is 0. The summed E-state index contributed by atoms with van der Waals surface area (Å²) in [6.45, 7) is 5.75. The summed E-state index contributed by atoms with van der Waals surface area (Å²) in [5, 5.41) is 0.407. The van der Waals surface area contributed by atoms with Crippen molar-refractivity contribution in [3.8, 4) is 0 Å². The van der Waals surface area contributed by atoms with Gasteiger partial charge in [0.1, 0.15) is 0 Å². The van der Waals surface area contributed by atoms with Crippen LogP contribution in [-0.4, -0.2) is 5.25 Å². The fourth-order valence-corrected chi connectivity index (χ4v) is 0.672. The fourth-order valence-electron chi connectivity index (χ4n) is 0.414. The van der Waals surface area contributed by atoms with Gasteiger partial charge in [0.2, 0.25) is 0 Å². The highest BCUT2D eigenvalue weighted by atomic mass is 32.1. The Bertz CT molecular complexity index is 50.1. The van der Waals surface area contributed by atoms with E-state index in [2.05, 4.69) is 26.1 Å². The molecule has 0 aromatic carbocycles. The van der Waals surface area contributed by atoms with Crippen molar-refractivity contribution in [2.45, 2.75) is 25.0 Å². The number of thiol groups is 1. The van der Waals surface area contributed by atoms with Crippen LogP contribution >= 0.6 is 12.6 Å². The van der Waals surface area contributed by atoms with Gasteiger partial charge in [-0.3, -0.25) is 0 Å². The van der Waals surface area contributed by atoms with E-state index in [0.717, 1.165) is 6.42 Å². The fraction of sp³-hybridized carbons (Fsp3) is 0.667. The molecule has 7 heavy (non-hydrogen) atoms. The van der Waals surface area contributed by atoms with Gasteiger partial charge in [0.05, 0.1) is 0 Å². The molecule has 0 nitrogen and oxygen atoms in total. The third-order valence-electron chi connectivity index (χ3n) is 0.857. The second-order valence-electron chi connectivity index (χ2n) is 1.59. The molecule has 0 radical (unpaired) electrons. The van der Waals surface area contributed by atoms with Crippen molar-refractivity contribution in [3.63, 3.8) is 0 Å². The second-order valence-corrected chi connectivity index (χ2v) is 2.26. The Morgan fingerprint density at radius 3 is 2.57 bits per heavy atom. The molecule has 1 unspecified atom stereocenters. The molecule has 0 heterocycles. The topological polar surface area (TPSA) is 0 Å². The van der Waals surface area contributed by atoms with E-state index in [1.165, 1.54) is 6.42 Å². The molecule has 0 aromatic rings.